The molecule has 3 heterocycles. The van der Waals surface area contributed by atoms with E-state index in [1.165, 1.54) is 33.0 Å². The smallest absolute Gasteiger partial charge is 0.137 e. The molecule has 1 N–H and O–H groups in total. The van der Waals surface area contributed by atoms with E-state index in [0.29, 0.717) is 0 Å². The molecule has 0 bridgehead atoms. The predicted octanol–water partition coefficient (Wildman–Crippen LogP) is 5.99. The summed E-state index contributed by atoms with van der Waals surface area (Å²) in [6, 6.07) is 19.8. The van der Waals surface area contributed by atoms with Gasteiger partial charge in [0.05, 0.1) is 17.8 Å². The highest BCUT2D eigenvalue weighted by molar-refractivity contribution is 7.99. The summed E-state index contributed by atoms with van der Waals surface area (Å²) in [6.07, 6.45) is 4.09. The van der Waals surface area contributed by atoms with E-state index in [4.69, 9.17) is 0 Å². The van der Waals surface area contributed by atoms with Gasteiger partial charge >= 0.3 is 0 Å². The lowest BCUT2D eigenvalue weighted by molar-refractivity contribution is 0.866. The third kappa shape index (κ3) is 3.25. The molecule has 0 radical (unpaired) electrons. The van der Waals surface area contributed by atoms with E-state index in [9.17, 15) is 0 Å². The Balaban J connectivity index is 1.48. The summed E-state index contributed by atoms with van der Waals surface area (Å²) in [6.45, 7) is 6.43. The summed E-state index contributed by atoms with van der Waals surface area (Å²) in [5.41, 5.74) is 8.15. The number of rotatable bonds is 5. The summed E-state index contributed by atoms with van der Waals surface area (Å²) in [4.78, 5) is 8.35. The fourth-order valence-electron chi connectivity index (χ4n) is 3.97. The number of hydrogen-bond donors (Lipinski definition) is 1. The van der Waals surface area contributed by atoms with Gasteiger partial charge in [-0.25, -0.2) is 4.98 Å². The van der Waals surface area contributed by atoms with Crippen LogP contribution < -0.4 is 10.2 Å². The number of aromatic nitrogens is 2. The van der Waals surface area contributed by atoms with Crippen molar-refractivity contribution >= 4 is 28.8 Å². The van der Waals surface area contributed by atoms with E-state index in [1.54, 1.807) is 0 Å². The predicted molar refractivity (Wildman–Crippen MR) is 124 cm³/mol. The number of fused-ring (bicyclic) bond motifs is 2. The monoisotopic (exact) mass is 400 g/mol. The molecule has 0 fully saturated rings. The Morgan fingerprint density at radius 1 is 0.966 bits per heavy atom. The maximum Gasteiger partial charge on any atom is 0.137 e. The van der Waals surface area contributed by atoms with Crippen LogP contribution in [0.2, 0.25) is 0 Å². The van der Waals surface area contributed by atoms with E-state index in [2.05, 4.69) is 94.2 Å². The largest absolute Gasteiger partial charge is 0.375 e. The fraction of sp³-hybridized carbons (Fsp3) is 0.208. The molecule has 2 aromatic heterocycles. The number of hydrogen-bond acceptors (Lipinski definition) is 4. The third-order valence-corrected chi connectivity index (χ3v) is 6.56. The highest BCUT2D eigenvalue weighted by Crippen LogP contribution is 2.37. The van der Waals surface area contributed by atoms with E-state index in [0.717, 1.165) is 30.3 Å². The molecular weight excluding hydrogens is 376 g/mol. The molecule has 0 atom stereocenters. The minimum absolute atomic E-state index is 0.947. The van der Waals surface area contributed by atoms with Gasteiger partial charge in [0.15, 0.2) is 0 Å². The van der Waals surface area contributed by atoms with Crippen LogP contribution in [-0.2, 0) is 0 Å². The Morgan fingerprint density at radius 2 is 1.76 bits per heavy atom. The van der Waals surface area contributed by atoms with Crippen molar-refractivity contribution in [2.45, 2.75) is 18.7 Å². The quantitative estimate of drug-likeness (QED) is 0.446. The van der Waals surface area contributed by atoms with Gasteiger partial charge in [0.25, 0.3) is 0 Å². The number of imidazole rings is 1. The van der Waals surface area contributed by atoms with Crippen LogP contribution >= 0.6 is 11.8 Å². The van der Waals surface area contributed by atoms with Gasteiger partial charge in [-0.3, -0.25) is 4.40 Å². The minimum atomic E-state index is 0.947. The molecule has 0 saturated carbocycles. The van der Waals surface area contributed by atoms with Crippen LogP contribution in [-0.4, -0.2) is 28.4 Å². The molecule has 0 saturated heterocycles. The second-order valence-electron chi connectivity index (χ2n) is 7.18. The summed E-state index contributed by atoms with van der Waals surface area (Å²) in [7, 11) is 0. The number of nitrogens with zero attached hydrogens (tertiary/aromatic N) is 3. The van der Waals surface area contributed by atoms with Crippen LogP contribution in [0.1, 0.15) is 13.8 Å². The zero-order valence-electron chi connectivity index (χ0n) is 16.7. The van der Waals surface area contributed by atoms with Crippen molar-refractivity contribution in [3.8, 4) is 22.4 Å². The molecule has 0 amide bonds. The number of benzene rings is 2. The molecule has 0 unspecified atom stereocenters. The van der Waals surface area contributed by atoms with Crippen LogP contribution in [0, 0.1) is 0 Å². The van der Waals surface area contributed by atoms with Crippen molar-refractivity contribution in [2.75, 3.05) is 29.2 Å². The first-order valence-electron chi connectivity index (χ1n) is 10.1. The Bertz CT molecular complexity index is 1160. The summed E-state index contributed by atoms with van der Waals surface area (Å²) in [5, 5.41) is 3.43. The molecule has 1 aliphatic rings. The molecule has 5 rings (SSSR count). The number of thioether (sulfide) groups is 1. The highest BCUT2D eigenvalue weighted by Gasteiger charge is 2.14. The lowest BCUT2D eigenvalue weighted by Crippen LogP contribution is -2.21. The van der Waals surface area contributed by atoms with Crippen molar-refractivity contribution in [2.24, 2.45) is 0 Å². The van der Waals surface area contributed by atoms with Crippen LogP contribution in [0.15, 0.2) is 71.9 Å². The Kier molecular flexibility index (Phi) is 4.68. The van der Waals surface area contributed by atoms with Crippen molar-refractivity contribution in [3.63, 3.8) is 0 Å². The minimum Gasteiger partial charge on any atom is -0.375 e. The molecule has 146 valence electrons. The SMILES string of the molecule is CCN(CC)c1ccc(-c2ccn3c(-c4ccc5c(c4)NCS5)cnc3c2)cc1. The second-order valence-corrected chi connectivity index (χ2v) is 8.20. The number of pyridine rings is 1. The topological polar surface area (TPSA) is 32.6 Å². The van der Waals surface area contributed by atoms with E-state index in [-0.39, 0.29) is 0 Å². The highest BCUT2D eigenvalue weighted by atomic mass is 32.2. The zero-order chi connectivity index (χ0) is 19.8. The summed E-state index contributed by atoms with van der Waals surface area (Å²) < 4.78 is 2.16. The van der Waals surface area contributed by atoms with Gasteiger partial charge in [0, 0.05) is 41.1 Å². The maximum atomic E-state index is 4.68. The normalized spacial score (nSPS) is 12.8. The standard InChI is InChI=1S/C24H24N4S/c1-3-27(4-2)20-8-5-17(6-9-20)18-11-12-28-22(15-25-24(28)14-18)19-7-10-23-21(13-19)26-16-29-23/h5-15,26H,3-4,16H2,1-2H3. The Hall–Kier alpha value is -2.92. The first-order chi connectivity index (χ1) is 14.3. The first-order valence-corrected chi connectivity index (χ1v) is 11.1. The average Bonchev–Trinajstić information content (AvgIpc) is 3.41. The molecule has 0 aliphatic carbocycles. The van der Waals surface area contributed by atoms with Gasteiger partial charge < -0.3 is 10.2 Å². The summed E-state index contributed by atoms with van der Waals surface area (Å²) in [5.74, 6) is 0.947. The van der Waals surface area contributed by atoms with Crippen LogP contribution in [0.25, 0.3) is 28.0 Å². The summed E-state index contributed by atoms with van der Waals surface area (Å²) >= 11 is 1.85. The third-order valence-electron chi connectivity index (χ3n) is 5.61. The lowest BCUT2D eigenvalue weighted by atomic mass is 10.1. The molecule has 2 aromatic carbocycles. The van der Waals surface area contributed by atoms with Gasteiger partial charge in [-0.05, 0) is 61.4 Å². The Labute approximate surface area is 175 Å². The van der Waals surface area contributed by atoms with Gasteiger partial charge in [-0.15, -0.1) is 11.8 Å². The van der Waals surface area contributed by atoms with Crippen molar-refractivity contribution in [1.29, 1.82) is 0 Å². The van der Waals surface area contributed by atoms with Gasteiger partial charge in [0.1, 0.15) is 5.65 Å². The van der Waals surface area contributed by atoms with E-state index in [1.807, 2.05) is 18.0 Å². The maximum absolute atomic E-state index is 4.68. The van der Waals surface area contributed by atoms with Crippen molar-refractivity contribution in [1.82, 2.24) is 9.38 Å². The van der Waals surface area contributed by atoms with Crippen LogP contribution in [0.5, 0.6) is 0 Å². The molecule has 1 aliphatic heterocycles. The molecule has 4 aromatic rings. The second kappa shape index (κ2) is 7.48. The molecular formula is C24H24N4S. The Morgan fingerprint density at radius 3 is 2.55 bits per heavy atom. The molecule has 29 heavy (non-hydrogen) atoms. The first kappa shape index (κ1) is 18.1. The molecule has 4 nitrogen and oxygen atoms in total. The van der Waals surface area contributed by atoms with Crippen molar-refractivity contribution < 1.29 is 0 Å². The molecule has 5 heteroatoms. The number of nitrogens with one attached hydrogen (secondary N) is 1. The fourth-order valence-corrected chi connectivity index (χ4v) is 4.81. The zero-order valence-corrected chi connectivity index (χ0v) is 17.5. The molecule has 0 spiro atoms. The van der Waals surface area contributed by atoms with E-state index >= 15 is 0 Å². The lowest BCUT2D eigenvalue weighted by Gasteiger charge is -2.21. The van der Waals surface area contributed by atoms with Crippen LogP contribution in [0.3, 0.4) is 0 Å². The average molecular weight is 401 g/mol. The van der Waals surface area contributed by atoms with Gasteiger partial charge in [-0.2, -0.15) is 0 Å². The van der Waals surface area contributed by atoms with E-state index < -0.39 is 0 Å². The van der Waals surface area contributed by atoms with Gasteiger partial charge in [-0.1, -0.05) is 18.2 Å². The van der Waals surface area contributed by atoms with Crippen LogP contribution in [0.4, 0.5) is 11.4 Å². The van der Waals surface area contributed by atoms with Gasteiger partial charge in [0.2, 0.25) is 0 Å². The number of anilines is 2. The van der Waals surface area contributed by atoms with Crippen molar-refractivity contribution in [3.05, 3.63) is 67.0 Å².